The minimum Gasteiger partial charge on any atom is -0.460 e. The first kappa shape index (κ1) is 14.8. The summed E-state index contributed by atoms with van der Waals surface area (Å²) in [7, 11) is 0. The molecule has 5 nitrogen and oxygen atoms in total. The second-order valence-corrected chi connectivity index (χ2v) is 5.45. The van der Waals surface area contributed by atoms with Crippen molar-refractivity contribution in [3.63, 3.8) is 0 Å². The van der Waals surface area contributed by atoms with E-state index >= 15 is 0 Å². The first-order chi connectivity index (χ1) is 8.28. The number of esters is 1. The van der Waals surface area contributed by atoms with Crippen LogP contribution in [-0.4, -0.2) is 35.8 Å². The molecule has 0 bridgehead atoms. The molecule has 0 aliphatic carbocycles. The monoisotopic (exact) mass is 256 g/mol. The van der Waals surface area contributed by atoms with E-state index in [2.05, 4.69) is 0 Å². The van der Waals surface area contributed by atoms with Crippen molar-refractivity contribution in [2.24, 2.45) is 0 Å². The SMILES string of the molecule is CC(C)(C)OC(=O)CC(=O)CC(=O)C1CCCO1. The zero-order valence-corrected chi connectivity index (χ0v) is 11.2. The molecule has 0 amide bonds. The minimum atomic E-state index is -0.615. The summed E-state index contributed by atoms with van der Waals surface area (Å²) in [5.74, 6) is -1.24. The number of carbonyl (C=O) groups excluding carboxylic acids is 3. The van der Waals surface area contributed by atoms with Crippen LogP contribution in [0.1, 0.15) is 46.5 Å². The zero-order valence-electron chi connectivity index (χ0n) is 11.2. The average molecular weight is 256 g/mol. The largest absolute Gasteiger partial charge is 0.460 e. The van der Waals surface area contributed by atoms with Crippen molar-refractivity contribution in [2.75, 3.05) is 6.61 Å². The molecule has 0 aromatic carbocycles. The summed E-state index contributed by atoms with van der Waals surface area (Å²) >= 11 is 0. The summed E-state index contributed by atoms with van der Waals surface area (Å²) in [6.45, 7) is 5.75. The number of rotatable bonds is 5. The first-order valence-electron chi connectivity index (χ1n) is 6.16. The summed E-state index contributed by atoms with van der Waals surface area (Å²) in [5.41, 5.74) is -0.615. The maximum atomic E-state index is 11.6. The van der Waals surface area contributed by atoms with E-state index in [4.69, 9.17) is 9.47 Å². The van der Waals surface area contributed by atoms with Gasteiger partial charge in [-0.05, 0) is 33.6 Å². The average Bonchev–Trinajstić information content (AvgIpc) is 2.65. The Morgan fingerprint density at radius 2 is 1.89 bits per heavy atom. The van der Waals surface area contributed by atoms with Gasteiger partial charge in [0.1, 0.15) is 18.1 Å². The Hall–Kier alpha value is -1.23. The normalized spacial score (nSPS) is 19.6. The molecule has 0 aromatic rings. The lowest BCUT2D eigenvalue weighted by Crippen LogP contribution is -2.27. The van der Waals surface area contributed by atoms with Crippen LogP contribution < -0.4 is 0 Å². The highest BCUT2D eigenvalue weighted by Gasteiger charge is 2.26. The molecule has 1 rings (SSSR count). The Morgan fingerprint density at radius 1 is 1.22 bits per heavy atom. The van der Waals surface area contributed by atoms with Crippen LogP contribution in [0.4, 0.5) is 0 Å². The van der Waals surface area contributed by atoms with Crippen molar-refractivity contribution in [3.8, 4) is 0 Å². The van der Waals surface area contributed by atoms with Gasteiger partial charge in [-0.15, -0.1) is 0 Å². The Bertz CT molecular complexity index is 334. The Labute approximate surface area is 107 Å². The smallest absolute Gasteiger partial charge is 0.313 e. The molecule has 1 fully saturated rings. The van der Waals surface area contributed by atoms with Crippen LogP contribution in [0, 0.1) is 0 Å². The zero-order chi connectivity index (χ0) is 13.8. The second-order valence-electron chi connectivity index (χ2n) is 5.45. The third-order valence-corrected chi connectivity index (χ3v) is 2.42. The standard InChI is InChI=1S/C13H20O5/c1-13(2,3)18-12(16)8-9(14)7-10(15)11-5-4-6-17-11/h11H,4-8H2,1-3H3. The van der Waals surface area contributed by atoms with Crippen molar-refractivity contribution in [3.05, 3.63) is 0 Å². The fraction of sp³-hybridized carbons (Fsp3) is 0.769. The van der Waals surface area contributed by atoms with Gasteiger partial charge in [-0.3, -0.25) is 14.4 Å². The summed E-state index contributed by atoms with van der Waals surface area (Å²) in [6, 6.07) is 0. The van der Waals surface area contributed by atoms with Crippen LogP contribution in [0.15, 0.2) is 0 Å². The maximum Gasteiger partial charge on any atom is 0.313 e. The molecule has 1 saturated heterocycles. The second kappa shape index (κ2) is 6.09. The van der Waals surface area contributed by atoms with E-state index in [9.17, 15) is 14.4 Å². The molecule has 0 spiro atoms. The van der Waals surface area contributed by atoms with E-state index < -0.39 is 23.5 Å². The summed E-state index contributed by atoms with van der Waals surface area (Å²) in [4.78, 5) is 34.5. The Balaban J connectivity index is 2.32. The number of ketones is 2. The van der Waals surface area contributed by atoms with Gasteiger partial charge in [0.15, 0.2) is 11.6 Å². The van der Waals surface area contributed by atoms with Crippen molar-refractivity contribution in [2.45, 2.75) is 58.2 Å². The number of Topliss-reactive ketones (excluding diaryl/α,β-unsaturated/α-hetero) is 2. The molecule has 18 heavy (non-hydrogen) atoms. The van der Waals surface area contributed by atoms with Gasteiger partial charge >= 0.3 is 5.97 Å². The highest BCUT2D eigenvalue weighted by Crippen LogP contribution is 2.15. The van der Waals surface area contributed by atoms with Gasteiger partial charge in [-0.25, -0.2) is 0 Å². The lowest BCUT2D eigenvalue weighted by atomic mass is 10.1. The van der Waals surface area contributed by atoms with Crippen LogP contribution in [0.5, 0.6) is 0 Å². The van der Waals surface area contributed by atoms with Gasteiger partial charge in [0, 0.05) is 6.61 Å². The van der Waals surface area contributed by atoms with Gasteiger partial charge in [0.2, 0.25) is 0 Å². The van der Waals surface area contributed by atoms with Crippen LogP contribution >= 0.6 is 0 Å². The highest BCUT2D eigenvalue weighted by atomic mass is 16.6. The van der Waals surface area contributed by atoms with E-state index in [1.54, 1.807) is 20.8 Å². The molecule has 102 valence electrons. The van der Waals surface area contributed by atoms with E-state index in [0.29, 0.717) is 13.0 Å². The van der Waals surface area contributed by atoms with Gasteiger partial charge in [0.05, 0.1) is 6.42 Å². The maximum absolute atomic E-state index is 11.6. The first-order valence-corrected chi connectivity index (χ1v) is 6.16. The third-order valence-electron chi connectivity index (χ3n) is 2.42. The molecule has 1 aliphatic heterocycles. The number of hydrogen-bond acceptors (Lipinski definition) is 5. The van der Waals surface area contributed by atoms with Crippen molar-refractivity contribution in [1.29, 1.82) is 0 Å². The van der Waals surface area contributed by atoms with E-state index in [0.717, 1.165) is 6.42 Å². The fourth-order valence-electron chi connectivity index (χ4n) is 1.74. The van der Waals surface area contributed by atoms with Gasteiger partial charge in [-0.2, -0.15) is 0 Å². The van der Waals surface area contributed by atoms with Crippen molar-refractivity contribution < 1.29 is 23.9 Å². The van der Waals surface area contributed by atoms with Gasteiger partial charge in [-0.1, -0.05) is 0 Å². The van der Waals surface area contributed by atoms with Crippen molar-refractivity contribution >= 4 is 17.5 Å². The minimum absolute atomic E-state index is 0.235. The molecular formula is C13H20O5. The Morgan fingerprint density at radius 3 is 2.39 bits per heavy atom. The quantitative estimate of drug-likeness (QED) is 0.549. The predicted molar refractivity (Wildman–Crippen MR) is 64.1 cm³/mol. The molecule has 1 atom stereocenters. The lowest BCUT2D eigenvalue weighted by molar-refractivity contribution is -0.156. The number of carbonyl (C=O) groups is 3. The van der Waals surface area contributed by atoms with Crippen LogP contribution in [0.25, 0.3) is 0 Å². The topological polar surface area (TPSA) is 69.7 Å². The predicted octanol–water partition coefficient (Wildman–Crippen LogP) is 1.43. The van der Waals surface area contributed by atoms with E-state index in [1.165, 1.54) is 0 Å². The van der Waals surface area contributed by atoms with E-state index in [1.807, 2.05) is 0 Å². The van der Waals surface area contributed by atoms with Gasteiger partial charge < -0.3 is 9.47 Å². The summed E-state index contributed by atoms with van der Waals surface area (Å²) in [6.07, 6.45) is 0.446. The third kappa shape index (κ3) is 5.40. The fourth-order valence-corrected chi connectivity index (χ4v) is 1.74. The molecule has 0 radical (unpaired) electrons. The molecular weight excluding hydrogens is 236 g/mol. The molecule has 1 unspecified atom stereocenters. The number of hydrogen-bond donors (Lipinski definition) is 0. The summed E-state index contributed by atoms with van der Waals surface area (Å²) in [5, 5.41) is 0. The lowest BCUT2D eigenvalue weighted by Gasteiger charge is -2.19. The number of ether oxygens (including phenoxy) is 2. The van der Waals surface area contributed by atoms with Crippen LogP contribution in [0.2, 0.25) is 0 Å². The molecule has 1 aliphatic rings. The molecule has 0 aromatic heterocycles. The molecule has 1 heterocycles. The summed E-state index contributed by atoms with van der Waals surface area (Å²) < 4.78 is 10.2. The Kier molecular flexibility index (Phi) is 5.02. The highest BCUT2D eigenvalue weighted by molar-refractivity contribution is 6.06. The van der Waals surface area contributed by atoms with Crippen LogP contribution in [0.3, 0.4) is 0 Å². The van der Waals surface area contributed by atoms with Crippen molar-refractivity contribution in [1.82, 2.24) is 0 Å². The molecule has 0 N–H and O–H groups in total. The molecule has 5 heteroatoms. The van der Waals surface area contributed by atoms with E-state index in [-0.39, 0.29) is 18.6 Å². The van der Waals surface area contributed by atoms with Gasteiger partial charge in [0.25, 0.3) is 0 Å². The molecule has 0 saturated carbocycles. The van der Waals surface area contributed by atoms with Crippen LogP contribution in [-0.2, 0) is 23.9 Å².